The number of hydrazone groups is 1. The molecule has 4 rings (SSSR count). The number of nitrogens with zero attached hydrogens (tertiary/aromatic N) is 2. The van der Waals surface area contributed by atoms with Crippen LogP contribution < -0.4 is 14.9 Å². The van der Waals surface area contributed by atoms with E-state index in [0.29, 0.717) is 17.1 Å². The van der Waals surface area contributed by atoms with Crippen molar-refractivity contribution in [3.05, 3.63) is 63.3 Å². The Morgan fingerprint density at radius 3 is 2.68 bits per heavy atom. The van der Waals surface area contributed by atoms with E-state index >= 15 is 0 Å². The molecule has 2 N–H and O–H groups in total. The monoisotopic (exact) mass is 481 g/mol. The first-order valence-electron chi connectivity index (χ1n) is 11.1. The van der Waals surface area contributed by atoms with E-state index in [2.05, 4.69) is 10.5 Å². The lowest BCUT2D eigenvalue weighted by Gasteiger charge is -2.11. The average molecular weight is 482 g/mol. The van der Waals surface area contributed by atoms with Crippen LogP contribution in [0, 0.1) is 13.8 Å². The molecule has 0 bridgehead atoms. The highest BCUT2D eigenvalue weighted by atomic mass is 32.1. The SMILES string of the molecule is COc1ccccc1OCC(=O)NN=Cc1cc(C)n(-c2sc3c(c2C(=O)O)CCCC3)c1C. The number of carbonyl (C=O) groups excluding carboxylic acids is 1. The average Bonchev–Trinajstić information content (AvgIpc) is 3.34. The molecule has 2 heterocycles. The number of para-hydroxylation sites is 2. The number of benzene rings is 1. The molecule has 178 valence electrons. The Kier molecular flexibility index (Phi) is 7.02. The van der Waals surface area contributed by atoms with Gasteiger partial charge in [0.25, 0.3) is 5.91 Å². The van der Waals surface area contributed by atoms with Gasteiger partial charge >= 0.3 is 5.97 Å². The first kappa shape index (κ1) is 23.6. The van der Waals surface area contributed by atoms with Gasteiger partial charge in [0, 0.05) is 21.8 Å². The van der Waals surface area contributed by atoms with Gasteiger partial charge in [-0.05, 0) is 63.3 Å². The lowest BCUT2D eigenvalue weighted by atomic mass is 9.95. The van der Waals surface area contributed by atoms with Gasteiger partial charge < -0.3 is 19.1 Å². The predicted octanol–water partition coefficient (Wildman–Crippen LogP) is 4.27. The lowest BCUT2D eigenvalue weighted by Crippen LogP contribution is -2.24. The van der Waals surface area contributed by atoms with Crippen LogP contribution in [0.25, 0.3) is 5.00 Å². The number of carbonyl (C=O) groups is 2. The summed E-state index contributed by atoms with van der Waals surface area (Å²) < 4.78 is 12.7. The van der Waals surface area contributed by atoms with Crippen molar-refractivity contribution in [3.63, 3.8) is 0 Å². The van der Waals surface area contributed by atoms with Gasteiger partial charge in [0.15, 0.2) is 18.1 Å². The fourth-order valence-corrected chi connectivity index (χ4v) is 5.74. The standard InChI is InChI=1S/C25H27N3O5S/c1-15-12-17(13-26-27-22(29)14-33-20-10-6-5-9-19(20)32-3)16(2)28(15)24-23(25(30)31)18-8-4-7-11-21(18)34-24/h5-6,9-10,12-13H,4,7-8,11,14H2,1-3H3,(H,27,29)(H,30,31). The third-order valence-corrected chi connectivity index (χ3v) is 7.14. The number of carboxylic acid groups (broad SMARTS) is 1. The molecule has 2 aromatic heterocycles. The molecule has 34 heavy (non-hydrogen) atoms. The largest absolute Gasteiger partial charge is 0.493 e. The number of hydrogen-bond acceptors (Lipinski definition) is 6. The van der Waals surface area contributed by atoms with E-state index in [9.17, 15) is 14.7 Å². The number of carboxylic acids is 1. The summed E-state index contributed by atoms with van der Waals surface area (Å²) in [5.41, 5.74) is 6.42. The van der Waals surface area contributed by atoms with E-state index in [0.717, 1.165) is 53.2 Å². The number of methoxy groups -OCH3 is 1. The molecule has 9 heteroatoms. The van der Waals surface area contributed by atoms with E-state index in [1.165, 1.54) is 12.0 Å². The number of amides is 1. The zero-order valence-electron chi connectivity index (χ0n) is 19.4. The van der Waals surface area contributed by atoms with Gasteiger partial charge in [0.05, 0.1) is 18.9 Å². The molecule has 0 saturated heterocycles. The molecule has 3 aromatic rings. The maximum Gasteiger partial charge on any atom is 0.339 e. The second kappa shape index (κ2) is 10.1. The summed E-state index contributed by atoms with van der Waals surface area (Å²) in [6.45, 7) is 3.65. The van der Waals surface area contributed by atoms with Crippen LogP contribution in [0.5, 0.6) is 11.5 Å². The van der Waals surface area contributed by atoms with Crippen molar-refractivity contribution < 1.29 is 24.2 Å². The van der Waals surface area contributed by atoms with Gasteiger partial charge in [-0.2, -0.15) is 5.10 Å². The Morgan fingerprint density at radius 2 is 1.94 bits per heavy atom. The zero-order chi connectivity index (χ0) is 24.2. The van der Waals surface area contributed by atoms with Gasteiger partial charge in [0.1, 0.15) is 5.00 Å². The predicted molar refractivity (Wildman–Crippen MR) is 131 cm³/mol. The zero-order valence-corrected chi connectivity index (χ0v) is 20.2. The first-order chi connectivity index (χ1) is 16.4. The minimum absolute atomic E-state index is 0.209. The Labute approximate surface area is 201 Å². The van der Waals surface area contributed by atoms with Crippen molar-refractivity contribution in [2.24, 2.45) is 5.10 Å². The van der Waals surface area contributed by atoms with E-state index < -0.39 is 11.9 Å². The molecule has 1 aliphatic rings. The summed E-state index contributed by atoms with van der Waals surface area (Å²) >= 11 is 1.56. The van der Waals surface area contributed by atoms with E-state index in [-0.39, 0.29) is 6.61 Å². The fraction of sp³-hybridized carbons (Fsp3) is 0.320. The molecule has 0 fully saturated rings. The second-order valence-corrected chi connectivity index (χ2v) is 9.17. The molecule has 1 amide bonds. The van der Waals surface area contributed by atoms with Crippen LogP contribution >= 0.6 is 11.3 Å². The van der Waals surface area contributed by atoms with Crippen LogP contribution in [0.2, 0.25) is 0 Å². The van der Waals surface area contributed by atoms with E-state index in [1.807, 2.05) is 30.5 Å². The number of hydrogen-bond donors (Lipinski definition) is 2. The molecule has 1 aliphatic carbocycles. The molecule has 0 unspecified atom stereocenters. The summed E-state index contributed by atoms with van der Waals surface area (Å²) in [7, 11) is 1.54. The molecular formula is C25H27N3O5S. The molecule has 0 radical (unpaired) electrons. The van der Waals surface area contributed by atoms with Crippen molar-refractivity contribution in [3.8, 4) is 16.5 Å². The Hall–Kier alpha value is -3.59. The Balaban J connectivity index is 1.49. The van der Waals surface area contributed by atoms with Crippen molar-refractivity contribution in [2.45, 2.75) is 39.5 Å². The Morgan fingerprint density at radius 1 is 1.21 bits per heavy atom. The maximum atomic E-state index is 12.2. The van der Waals surface area contributed by atoms with Crippen molar-refractivity contribution >= 4 is 29.4 Å². The molecule has 0 spiro atoms. The summed E-state index contributed by atoms with van der Waals surface area (Å²) in [6.07, 6.45) is 5.41. The smallest absolute Gasteiger partial charge is 0.339 e. The number of fused-ring (bicyclic) bond motifs is 1. The number of aromatic nitrogens is 1. The quantitative estimate of drug-likeness (QED) is 0.370. The number of nitrogens with one attached hydrogen (secondary N) is 1. The summed E-state index contributed by atoms with van der Waals surface area (Å²) in [5, 5.41) is 14.7. The van der Waals surface area contributed by atoms with Crippen LogP contribution in [-0.4, -0.2) is 41.5 Å². The second-order valence-electron chi connectivity index (χ2n) is 8.09. The van der Waals surface area contributed by atoms with Gasteiger partial charge in [-0.1, -0.05) is 12.1 Å². The topological polar surface area (TPSA) is 102 Å². The molecular weight excluding hydrogens is 454 g/mol. The van der Waals surface area contributed by atoms with E-state index in [4.69, 9.17) is 9.47 Å². The van der Waals surface area contributed by atoms with Crippen LogP contribution in [-0.2, 0) is 17.6 Å². The summed E-state index contributed by atoms with van der Waals surface area (Å²) in [5.74, 6) is -0.280. The molecule has 0 atom stereocenters. The number of aromatic carboxylic acids is 1. The fourth-order valence-electron chi connectivity index (χ4n) is 4.25. The molecule has 0 saturated carbocycles. The summed E-state index contributed by atoms with van der Waals surface area (Å²) in [4.78, 5) is 25.4. The van der Waals surface area contributed by atoms with Crippen LogP contribution in [0.15, 0.2) is 35.4 Å². The van der Waals surface area contributed by atoms with Crippen molar-refractivity contribution in [1.29, 1.82) is 0 Å². The van der Waals surface area contributed by atoms with Crippen LogP contribution in [0.1, 0.15) is 50.6 Å². The minimum Gasteiger partial charge on any atom is -0.493 e. The number of thiophene rings is 1. The van der Waals surface area contributed by atoms with Gasteiger partial charge in [-0.3, -0.25) is 4.79 Å². The van der Waals surface area contributed by atoms with Gasteiger partial charge in [0.2, 0.25) is 0 Å². The van der Waals surface area contributed by atoms with Crippen LogP contribution in [0.4, 0.5) is 0 Å². The number of rotatable bonds is 8. The number of aryl methyl sites for hydroxylation is 2. The summed E-state index contributed by atoms with van der Waals surface area (Å²) in [6, 6.07) is 9.01. The highest BCUT2D eigenvalue weighted by molar-refractivity contribution is 7.15. The van der Waals surface area contributed by atoms with Crippen molar-refractivity contribution in [2.75, 3.05) is 13.7 Å². The van der Waals surface area contributed by atoms with Crippen molar-refractivity contribution in [1.82, 2.24) is 9.99 Å². The highest BCUT2D eigenvalue weighted by Gasteiger charge is 2.27. The van der Waals surface area contributed by atoms with Gasteiger partial charge in [-0.25, -0.2) is 10.2 Å². The molecule has 8 nitrogen and oxygen atoms in total. The third kappa shape index (κ3) is 4.70. The van der Waals surface area contributed by atoms with Gasteiger partial charge in [-0.15, -0.1) is 11.3 Å². The molecule has 0 aliphatic heterocycles. The minimum atomic E-state index is -0.889. The van der Waals surface area contributed by atoms with Crippen LogP contribution in [0.3, 0.4) is 0 Å². The Bertz CT molecular complexity index is 1260. The lowest BCUT2D eigenvalue weighted by molar-refractivity contribution is -0.123. The number of ether oxygens (including phenoxy) is 2. The highest BCUT2D eigenvalue weighted by Crippen LogP contribution is 2.38. The normalized spacial score (nSPS) is 13.0. The first-order valence-corrected chi connectivity index (χ1v) is 11.9. The van der Waals surface area contributed by atoms with E-state index in [1.54, 1.807) is 35.8 Å². The maximum absolute atomic E-state index is 12.2. The molecule has 1 aromatic carbocycles. The third-order valence-electron chi connectivity index (χ3n) is 5.86.